The van der Waals surface area contributed by atoms with Crippen molar-refractivity contribution in [3.63, 3.8) is 0 Å². The van der Waals surface area contributed by atoms with Crippen molar-refractivity contribution in [3.05, 3.63) is 130 Å². The molecule has 0 fully saturated rings. The summed E-state index contributed by atoms with van der Waals surface area (Å²) in [6.07, 6.45) is 0. The molecule has 31 heavy (non-hydrogen) atoms. The predicted octanol–water partition coefficient (Wildman–Crippen LogP) is 7.96. The molecule has 0 N–H and O–H groups in total. The van der Waals surface area contributed by atoms with Gasteiger partial charge in [0.2, 0.25) is 0 Å². The van der Waals surface area contributed by atoms with Crippen LogP contribution in [-0.4, -0.2) is 0 Å². The Kier molecular flexibility index (Phi) is 3.32. The van der Waals surface area contributed by atoms with E-state index in [0.29, 0.717) is 0 Å². The average molecular weight is 417 g/mol. The van der Waals surface area contributed by atoms with Gasteiger partial charge in [0, 0.05) is 16.1 Å². The fourth-order valence-corrected chi connectivity index (χ4v) is 5.81. The van der Waals surface area contributed by atoms with Gasteiger partial charge >= 0.3 is 0 Å². The number of para-hydroxylation sites is 1. The summed E-state index contributed by atoms with van der Waals surface area (Å²) in [5.41, 5.74) is 6.82. The predicted molar refractivity (Wildman–Crippen MR) is 126 cm³/mol. The van der Waals surface area contributed by atoms with Crippen LogP contribution < -0.4 is 4.74 Å². The van der Waals surface area contributed by atoms with Crippen LogP contribution in [0.3, 0.4) is 0 Å². The van der Waals surface area contributed by atoms with E-state index < -0.39 is 5.41 Å². The molecule has 1 heterocycles. The van der Waals surface area contributed by atoms with Gasteiger partial charge in [0.25, 0.3) is 0 Å². The van der Waals surface area contributed by atoms with Gasteiger partial charge < -0.3 is 4.74 Å². The summed E-state index contributed by atoms with van der Waals surface area (Å²) < 4.78 is 6.55. The van der Waals surface area contributed by atoms with Gasteiger partial charge in [0.05, 0.1) is 5.41 Å². The first kappa shape index (κ1) is 17.2. The number of benzene rings is 5. The Morgan fingerprint density at radius 2 is 1.42 bits per heavy atom. The number of hydrogen-bond acceptors (Lipinski definition) is 1. The van der Waals surface area contributed by atoms with Crippen molar-refractivity contribution in [3.8, 4) is 22.6 Å². The van der Waals surface area contributed by atoms with Crippen LogP contribution in [0.25, 0.3) is 21.9 Å². The molecule has 7 rings (SSSR count). The van der Waals surface area contributed by atoms with Crippen LogP contribution in [0.15, 0.2) is 103 Å². The molecule has 0 spiro atoms. The minimum Gasteiger partial charge on any atom is -0.457 e. The second-order valence-corrected chi connectivity index (χ2v) is 8.69. The standard InChI is InChI=1S/C29H17ClO/c30-20-14-15-22-24(17-20)29(19-9-2-1-3-10-19)23-12-6-7-13-25(23)31-26-16-18-8-4-5-11-21(18)27(22)28(26)29/h1-17H. The molecule has 2 heteroatoms. The summed E-state index contributed by atoms with van der Waals surface area (Å²) in [4.78, 5) is 0. The maximum atomic E-state index is 6.61. The van der Waals surface area contributed by atoms with Crippen LogP contribution in [0.5, 0.6) is 11.5 Å². The monoisotopic (exact) mass is 416 g/mol. The van der Waals surface area contributed by atoms with Crippen LogP contribution >= 0.6 is 11.6 Å². The lowest BCUT2D eigenvalue weighted by Gasteiger charge is -2.39. The molecule has 0 radical (unpaired) electrons. The molecule has 1 nitrogen and oxygen atoms in total. The highest BCUT2D eigenvalue weighted by molar-refractivity contribution is 6.31. The van der Waals surface area contributed by atoms with Crippen molar-refractivity contribution in [2.24, 2.45) is 0 Å². The number of ether oxygens (including phenoxy) is 1. The van der Waals surface area contributed by atoms with Crippen LogP contribution in [0, 0.1) is 0 Å². The summed E-state index contributed by atoms with van der Waals surface area (Å²) in [7, 11) is 0. The molecule has 2 aliphatic rings. The summed E-state index contributed by atoms with van der Waals surface area (Å²) in [6, 6.07) is 36.2. The van der Waals surface area contributed by atoms with Gasteiger partial charge in [-0.25, -0.2) is 0 Å². The van der Waals surface area contributed by atoms with E-state index in [-0.39, 0.29) is 0 Å². The van der Waals surface area contributed by atoms with E-state index in [1.54, 1.807) is 0 Å². The van der Waals surface area contributed by atoms with Gasteiger partial charge in [-0.3, -0.25) is 0 Å². The quantitative estimate of drug-likeness (QED) is 0.263. The number of halogens is 1. The molecule has 0 amide bonds. The van der Waals surface area contributed by atoms with E-state index in [2.05, 4.69) is 91.0 Å². The molecular weight excluding hydrogens is 400 g/mol. The molecule has 0 bridgehead atoms. The Labute approximate surface area is 185 Å². The van der Waals surface area contributed by atoms with Crippen molar-refractivity contribution in [1.82, 2.24) is 0 Å². The highest BCUT2D eigenvalue weighted by Crippen LogP contribution is 2.64. The Morgan fingerprint density at radius 3 is 2.32 bits per heavy atom. The van der Waals surface area contributed by atoms with E-state index in [1.165, 1.54) is 38.6 Å². The Balaban J connectivity index is 1.78. The third kappa shape index (κ3) is 2.07. The van der Waals surface area contributed by atoms with Crippen LogP contribution in [0.2, 0.25) is 5.02 Å². The van der Waals surface area contributed by atoms with Crippen LogP contribution in [-0.2, 0) is 5.41 Å². The normalized spacial score (nSPS) is 17.6. The Bertz CT molecular complexity index is 1520. The zero-order valence-corrected chi connectivity index (χ0v) is 17.4. The molecule has 1 atom stereocenters. The van der Waals surface area contributed by atoms with Crippen molar-refractivity contribution < 1.29 is 4.74 Å². The van der Waals surface area contributed by atoms with Crippen molar-refractivity contribution in [2.75, 3.05) is 0 Å². The largest absolute Gasteiger partial charge is 0.457 e. The van der Waals surface area contributed by atoms with Crippen molar-refractivity contribution in [1.29, 1.82) is 0 Å². The minimum absolute atomic E-state index is 0.467. The van der Waals surface area contributed by atoms with Crippen LogP contribution in [0.1, 0.15) is 22.3 Å². The zero-order chi connectivity index (χ0) is 20.6. The molecule has 5 aromatic rings. The van der Waals surface area contributed by atoms with Gasteiger partial charge in [-0.15, -0.1) is 0 Å². The Morgan fingerprint density at radius 1 is 0.645 bits per heavy atom. The number of fused-ring (bicyclic) bond motifs is 7. The summed E-state index contributed by atoms with van der Waals surface area (Å²) in [5, 5.41) is 3.17. The fraction of sp³-hybridized carbons (Fsp3) is 0.0345. The number of rotatable bonds is 1. The van der Waals surface area contributed by atoms with Crippen LogP contribution in [0.4, 0.5) is 0 Å². The van der Waals surface area contributed by atoms with E-state index in [4.69, 9.17) is 16.3 Å². The lowest BCUT2D eigenvalue weighted by atomic mass is 9.66. The highest BCUT2D eigenvalue weighted by atomic mass is 35.5. The van der Waals surface area contributed by atoms with E-state index in [0.717, 1.165) is 22.1 Å². The lowest BCUT2D eigenvalue weighted by molar-refractivity contribution is 0.439. The third-order valence-electron chi connectivity index (χ3n) is 6.76. The molecular formula is C29H17ClO. The minimum atomic E-state index is -0.467. The maximum Gasteiger partial charge on any atom is 0.133 e. The van der Waals surface area contributed by atoms with Gasteiger partial charge in [0.15, 0.2) is 0 Å². The third-order valence-corrected chi connectivity index (χ3v) is 7.00. The first-order valence-electron chi connectivity index (χ1n) is 10.5. The average Bonchev–Trinajstić information content (AvgIpc) is 3.12. The fourth-order valence-electron chi connectivity index (χ4n) is 5.64. The summed E-state index contributed by atoms with van der Waals surface area (Å²) in [6.45, 7) is 0. The molecule has 146 valence electrons. The number of hydrogen-bond donors (Lipinski definition) is 0. The van der Waals surface area contributed by atoms with Gasteiger partial charge in [-0.2, -0.15) is 0 Å². The molecule has 5 aromatic carbocycles. The first-order valence-corrected chi connectivity index (χ1v) is 10.9. The molecule has 1 aliphatic carbocycles. The lowest BCUT2D eigenvalue weighted by Crippen LogP contribution is -2.31. The molecule has 0 saturated carbocycles. The van der Waals surface area contributed by atoms with E-state index in [1.807, 2.05) is 12.1 Å². The zero-order valence-electron chi connectivity index (χ0n) is 16.6. The molecule has 0 aromatic heterocycles. The molecule has 1 unspecified atom stereocenters. The topological polar surface area (TPSA) is 9.23 Å². The van der Waals surface area contributed by atoms with Gasteiger partial charge in [0.1, 0.15) is 11.5 Å². The Hall–Kier alpha value is -3.55. The van der Waals surface area contributed by atoms with Gasteiger partial charge in [-0.1, -0.05) is 90.5 Å². The van der Waals surface area contributed by atoms with E-state index in [9.17, 15) is 0 Å². The van der Waals surface area contributed by atoms with E-state index >= 15 is 0 Å². The molecule has 1 aliphatic heterocycles. The van der Waals surface area contributed by atoms with Crippen molar-refractivity contribution >= 4 is 22.4 Å². The second kappa shape index (κ2) is 6.00. The van der Waals surface area contributed by atoms with Gasteiger partial charge in [-0.05, 0) is 57.3 Å². The highest BCUT2D eigenvalue weighted by Gasteiger charge is 2.52. The smallest absolute Gasteiger partial charge is 0.133 e. The second-order valence-electron chi connectivity index (χ2n) is 8.25. The summed E-state index contributed by atoms with van der Waals surface area (Å²) >= 11 is 6.61. The summed E-state index contributed by atoms with van der Waals surface area (Å²) in [5.74, 6) is 1.82. The maximum absolute atomic E-state index is 6.61. The SMILES string of the molecule is Clc1ccc2c(c1)C1(c3ccccc3)c3ccccc3Oc3cc4ccccc4c-2c31. The molecule has 0 saturated heterocycles. The first-order chi connectivity index (χ1) is 15.3. The van der Waals surface area contributed by atoms with Crippen molar-refractivity contribution in [2.45, 2.75) is 5.41 Å².